The highest BCUT2D eigenvalue weighted by Crippen LogP contribution is 2.37. The van der Waals surface area contributed by atoms with Gasteiger partial charge in [0.15, 0.2) is 5.91 Å². The highest BCUT2D eigenvalue weighted by atomic mass is 31.0. The normalized spacial score (nSPS) is 18.0. The van der Waals surface area contributed by atoms with Crippen LogP contribution in [-0.4, -0.2) is 36.3 Å². The number of fused-ring (bicyclic) bond motifs is 2. The lowest BCUT2D eigenvalue weighted by Gasteiger charge is -2.32. The summed E-state index contributed by atoms with van der Waals surface area (Å²) in [6, 6.07) is 5.93. The molecule has 4 atom stereocenters. The average molecular weight is 403 g/mol. The van der Waals surface area contributed by atoms with Crippen molar-refractivity contribution in [1.29, 1.82) is 0 Å². The summed E-state index contributed by atoms with van der Waals surface area (Å²) in [6.45, 7) is 0.622. The minimum atomic E-state index is -1.40. The van der Waals surface area contributed by atoms with Gasteiger partial charge in [0.25, 0.3) is 5.89 Å². The van der Waals surface area contributed by atoms with Crippen LogP contribution in [0.5, 0.6) is 0 Å². The molecule has 5 rings (SSSR count). The van der Waals surface area contributed by atoms with E-state index in [2.05, 4.69) is 29.4 Å². The van der Waals surface area contributed by atoms with Crippen LogP contribution in [0.15, 0.2) is 35.1 Å². The molecule has 11 heteroatoms. The third-order valence-corrected chi connectivity index (χ3v) is 5.44. The molecular weight excluding hydrogens is 387 g/mol. The standard InChI is InChI=1S/C16H16FN7OP2/c17-14(27)15-20-21-16(25-15)23-5-3-8-12(19-7-18-8)13(23)9-6-10-11(26)2-1-4-24(10)22-9/h1-2,4,6-7,13-14H,3,5,26-27H2,(H,18,19)/t13-,14?/m1/s1. The molecule has 0 aliphatic carbocycles. The van der Waals surface area contributed by atoms with E-state index in [1.54, 1.807) is 6.33 Å². The number of aromatic nitrogens is 6. The van der Waals surface area contributed by atoms with Crippen LogP contribution in [0.3, 0.4) is 0 Å². The van der Waals surface area contributed by atoms with Gasteiger partial charge >= 0.3 is 6.01 Å². The van der Waals surface area contributed by atoms with Gasteiger partial charge in [-0.15, -0.1) is 14.3 Å². The lowest BCUT2D eigenvalue weighted by molar-refractivity contribution is 0.365. The SMILES string of the molecule is FC(P)c1nnc(N2CCc3[nH]cnc3[C@H]2c2cc3c(P)cccn3n2)o1. The third kappa shape index (κ3) is 2.73. The Morgan fingerprint density at radius 3 is 3.04 bits per heavy atom. The smallest absolute Gasteiger partial charge is 0.319 e. The van der Waals surface area contributed by atoms with Crippen LogP contribution < -0.4 is 10.2 Å². The van der Waals surface area contributed by atoms with E-state index < -0.39 is 5.91 Å². The molecule has 0 saturated carbocycles. The monoisotopic (exact) mass is 403 g/mol. The number of hydrogen-bond donors (Lipinski definition) is 1. The second-order valence-corrected chi connectivity index (χ2v) is 7.51. The molecule has 0 radical (unpaired) electrons. The Balaban J connectivity index is 1.65. The van der Waals surface area contributed by atoms with Gasteiger partial charge in [-0.1, -0.05) is 20.4 Å². The van der Waals surface area contributed by atoms with Crippen LogP contribution in [-0.2, 0) is 6.42 Å². The minimum Gasteiger partial charge on any atom is -0.404 e. The van der Waals surface area contributed by atoms with E-state index in [-0.39, 0.29) is 17.9 Å². The molecule has 0 saturated heterocycles. The summed E-state index contributed by atoms with van der Waals surface area (Å²) in [4.78, 5) is 9.62. The molecule has 4 aromatic heterocycles. The summed E-state index contributed by atoms with van der Waals surface area (Å²) >= 11 is 0. The van der Waals surface area contributed by atoms with Crippen LogP contribution in [0.25, 0.3) is 5.52 Å². The van der Waals surface area contributed by atoms with Crippen molar-refractivity contribution in [3.8, 4) is 0 Å². The zero-order chi connectivity index (χ0) is 18.5. The number of alkyl halides is 1. The van der Waals surface area contributed by atoms with Gasteiger partial charge in [0.2, 0.25) is 0 Å². The summed E-state index contributed by atoms with van der Waals surface area (Å²) in [7, 11) is 4.73. The Bertz CT molecular complexity index is 1120. The van der Waals surface area contributed by atoms with Crippen LogP contribution in [0.4, 0.5) is 10.4 Å². The largest absolute Gasteiger partial charge is 0.404 e. The van der Waals surface area contributed by atoms with Crippen molar-refractivity contribution in [2.45, 2.75) is 18.4 Å². The quantitative estimate of drug-likeness (QED) is 0.526. The second kappa shape index (κ2) is 6.36. The molecule has 1 N–H and O–H groups in total. The number of hydrogen-bond acceptors (Lipinski definition) is 6. The minimum absolute atomic E-state index is 0.0659. The molecule has 8 nitrogen and oxygen atoms in total. The molecule has 138 valence electrons. The number of imidazole rings is 1. The Labute approximate surface area is 158 Å². The second-order valence-electron chi connectivity index (χ2n) is 6.30. The number of anilines is 1. The van der Waals surface area contributed by atoms with Crippen molar-refractivity contribution < 1.29 is 8.81 Å². The van der Waals surface area contributed by atoms with Crippen molar-refractivity contribution in [1.82, 2.24) is 29.8 Å². The maximum atomic E-state index is 13.5. The molecule has 0 bridgehead atoms. The Morgan fingerprint density at radius 1 is 1.37 bits per heavy atom. The summed E-state index contributed by atoms with van der Waals surface area (Å²) in [5.74, 6) is -1.46. The van der Waals surface area contributed by atoms with Crippen molar-refractivity contribution in [2.75, 3.05) is 11.4 Å². The first-order valence-electron chi connectivity index (χ1n) is 8.37. The average Bonchev–Trinajstić information content (AvgIpc) is 3.39. The van der Waals surface area contributed by atoms with E-state index in [0.29, 0.717) is 6.54 Å². The van der Waals surface area contributed by atoms with Gasteiger partial charge in [-0.3, -0.25) is 0 Å². The lowest BCUT2D eigenvalue weighted by Crippen LogP contribution is -2.36. The summed E-state index contributed by atoms with van der Waals surface area (Å²) in [5.41, 5.74) is 3.70. The van der Waals surface area contributed by atoms with Gasteiger partial charge in [0.05, 0.1) is 23.2 Å². The molecule has 5 heterocycles. The van der Waals surface area contributed by atoms with Crippen LogP contribution in [0, 0.1) is 0 Å². The molecule has 0 amide bonds. The maximum Gasteiger partial charge on any atom is 0.319 e. The summed E-state index contributed by atoms with van der Waals surface area (Å²) in [6.07, 6.45) is 4.32. The zero-order valence-corrected chi connectivity index (χ0v) is 16.4. The number of H-pyrrole nitrogens is 1. The first-order chi connectivity index (χ1) is 13.1. The van der Waals surface area contributed by atoms with E-state index in [1.165, 1.54) is 0 Å². The van der Waals surface area contributed by atoms with Gasteiger partial charge in [-0.25, -0.2) is 13.9 Å². The molecule has 27 heavy (non-hydrogen) atoms. The van der Waals surface area contributed by atoms with Gasteiger partial charge in [0.1, 0.15) is 6.04 Å². The molecule has 0 aromatic carbocycles. The Hall–Kier alpha value is -2.37. The number of halogens is 1. The first-order valence-corrected chi connectivity index (χ1v) is 9.62. The number of aromatic amines is 1. The predicted molar refractivity (Wildman–Crippen MR) is 104 cm³/mol. The molecule has 4 aromatic rings. The number of nitrogens with one attached hydrogen (secondary N) is 1. The molecular formula is C16H16FN7OP2. The number of pyridine rings is 1. The van der Waals surface area contributed by atoms with Gasteiger partial charge in [-0.05, 0) is 17.4 Å². The van der Waals surface area contributed by atoms with Gasteiger partial charge in [-0.2, -0.15) is 5.10 Å². The van der Waals surface area contributed by atoms with Gasteiger partial charge < -0.3 is 14.3 Å². The fraction of sp³-hybridized carbons (Fsp3) is 0.250. The first kappa shape index (κ1) is 16.8. The fourth-order valence-corrected chi connectivity index (χ4v) is 3.89. The van der Waals surface area contributed by atoms with E-state index in [1.807, 2.05) is 43.1 Å². The summed E-state index contributed by atoms with van der Waals surface area (Å²) < 4.78 is 20.9. The van der Waals surface area contributed by atoms with E-state index in [4.69, 9.17) is 9.52 Å². The van der Waals surface area contributed by atoms with Crippen LogP contribution >= 0.6 is 18.5 Å². The topological polar surface area (TPSA) is 88.1 Å². The van der Waals surface area contributed by atoms with Gasteiger partial charge in [0, 0.05) is 24.9 Å². The highest BCUT2D eigenvalue weighted by molar-refractivity contribution is 7.28. The Morgan fingerprint density at radius 2 is 2.26 bits per heavy atom. The number of nitrogens with zero attached hydrogens (tertiary/aromatic N) is 6. The van der Waals surface area contributed by atoms with Crippen molar-refractivity contribution >= 4 is 35.3 Å². The molecule has 3 unspecified atom stereocenters. The predicted octanol–water partition coefficient (Wildman–Crippen LogP) is 1.94. The molecule has 0 fully saturated rings. The van der Waals surface area contributed by atoms with Crippen molar-refractivity contribution in [3.05, 3.63) is 53.7 Å². The molecule has 0 spiro atoms. The van der Waals surface area contributed by atoms with Crippen molar-refractivity contribution in [3.63, 3.8) is 0 Å². The lowest BCUT2D eigenvalue weighted by atomic mass is 10.0. The zero-order valence-electron chi connectivity index (χ0n) is 14.1. The van der Waals surface area contributed by atoms with Crippen LogP contribution in [0.2, 0.25) is 0 Å². The Kier molecular flexibility index (Phi) is 3.95. The fourth-order valence-electron chi connectivity index (χ4n) is 3.43. The molecule has 1 aliphatic rings. The maximum absolute atomic E-state index is 13.5. The molecule has 1 aliphatic heterocycles. The van der Waals surface area contributed by atoms with E-state index >= 15 is 0 Å². The van der Waals surface area contributed by atoms with Crippen molar-refractivity contribution in [2.24, 2.45) is 0 Å². The summed E-state index contributed by atoms with van der Waals surface area (Å²) in [5, 5.41) is 13.6. The number of rotatable bonds is 3. The van der Waals surface area contributed by atoms with E-state index in [0.717, 1.165) is 34.3 Å². The highest BCUT2D eigenvalue weighted by Gasteiger charge is 2.36. The third-order valence-electron chi connectivity index (χ3n) is 4.67. The van der Waals surface area contributed by atoms with Crippen LogP contribution in [0.1, 0.15) is 34.9 Å². The van der Waals surface area contributed by atoms with E-state index in [9.17, 15) is 4.39 Å².